The number of anilines is 1. The molecule has 0 saturated heterocycles. The summed E-state index contributed by atoms with van der Waals surface area (Å²) in [5, 5.41) is 9.90. The molecular formula is C34H34N6O2. The topological polar surface area (TPSA) is 93.0 Å². The van der Waals surface area contributed by atoms with Gasteiger partial charge in [0.2, 0.25) is 5.91 Å². The van der Waals surface area contributed by atoms with Crippen LogP contribution in [-0.2, 0) is 17.8 Å². The molecule has 8 heteroatoms. The lowest BCUT2D eigenvalue weighted by atomic mass is 10.0. The van der Waals surface area contributed by atoms with E-state index in [-0.39, 0.29) is 17.9 Å². The Bertz CT molecular complexity index is 1700. The van der Waals surface area contributed by atoms with Crippen molar-refractivity contribution in [2.24, 2.45) is 0 Å². The van der Waals surface area contributed by atoms with E-state index in [1.807, 2.05) is 54.1 Å². The molecule has 1 aliphatic carbocycles. The Morgan fingerprint density at radius 1 is 0.952 bits per heavy atom. The Balaban J connectivity index is 1.16. The highest BCUT2D eigenvalue weighted by molar-refractivity contribution is 6.03. The summed E-state index contributed by atoms with van der Waals surface area (Å²) in [4.78, 5) is 37.4. The molecule has 1 fully saturated rings. The number of fused-ring (bicyclic) bond motifs is 1. The minimum absolute atomic E-state index is 0.157. The molecule has 1 aliphatic rings. The third kappa shape index (κ3) is 6.07. The minimum Gasteiger partial charge on any atom is -0.338 e. The van der Waals surface area contributed by atoms with Gasteiger partial charge in [0.25, 0.3) is 5.91 Å². The van der Waals surface area contributed by atoms with E-state index in [0.29, 0.717) is 36.7 Å². The van der Waals surface area contributed by atoms with E-state index in [1.54, 1.807) is 24.4 Å². The number of pyridine rings is 1. The van der Waals surface area contributed by atoms with E-state index >= 15 is 0 Å². The van der Waals surface area contributed by atoms with Gasteiger partial charge >= 0.3 is 0 Å². The second kappa shape index (κ2) is 12.3. The number of aryl methyl sites for hydroxylation is 1. The van der Waals surface area contributed by atoms with Gasteiger partial charge in [-0.2, -0.15) is 5.10 Å². The molecule has 0 unspecified atom stereocenters. The summed E-state index contributed by atoms with van der Waals surface area (Å²) >= 11 is 0. The van der Waals surface area contributed by atoms with Crippen molar-refractivity contribution in [2.75, 3.05) is 11.9 Å². The van der Waals surface area contributed by atoms with Gasteiger partial charge in [0.05, 0.1) is 13.0 Å². The van der Waals surface area contributed by atoms with Crippen molar-refractivity contribution in [1.82, 2.24) is 24.6 Å². The summed E-state index contributed by atoms with van der Waals surface area (Å²) in [6.07, 6.45) is 6.41. The van der Waals surface area contributed by atoms with Gasteiger partial charge < -0.3 is 10.2 Å². The van der Waals surface area contributed by atoms with Crippen LogP contribution in [0.1, 0.15) is 47.4 Å². The van der Waals surface area contributed by atoms with E-state index in [2.05, 4.69) is 44.5 Å². The molecule has 0 bridgehead atoms. The van der Waals surface area contributed by atoms with Gasteiger partial charge in [-0.15, -0.1) is 0 Å². The molecule has 0 radical (unpaired) electrons. The Morgan fingerprint density at radius 2 is 1.71 bits per heavy atom. The SMILES string of the molecule is Cc1nc(-c2ccnc(NC(=O)c3ccccc3)c2)nn1CCN(C(=O)Cc1cccc2ccccc12)C1CCCC1. The van der Waals surface area contributed by atoms with Crippen LogP contribution in [-0.4, -0.2) is 49.0 Å². The maximum atomic E-state index is 13.7. The number of aromatic nitrogens is 4. The second-order valence-electron chi connectivity index (χ2n) is 10.8. The van der Waals surface area contributed by atoms with Gasteiger partial charge in [-0.3, -0.25) is 9.59 Å². The lowest BCUT2D eigenvalue weighted by Gasteiger charge is -2.29. The highest BCUT2D eigenvalue weighted by Crippen LogP contribution is 2.26. The molecule has 8 nitrogen and oxygen atoms in total. The summed E-state index contributed by atoms with van der Waals surface area (Å²) in [6.45, 7) is 3.06. The van der Waals surface area contributed by atoms with Gasteiger partial charge in [-0.1, -0.05) is 73.5 Å². The van der Waals surface area contributed by atoms with E-state index in [1.165, 1.54) is 0 Å². The number of hydrogen-bond acceptors (Lipinski definition) is 5. The molecule has 6 rings (SSSR count). The molecule has 0 spiro atoms. The average molecular weight is 559 g/mol. The number of hydrogen-bond donors (Lipinski definition) is 1. The molecular weight excluding hydrogens is 524 g/mol. The van der Waals surface area contributed by atoms with Crippen LogP contribution in [0.25, 0.3) is 22.2 Å². The molecule has 2 amide bonds. The molecule has 0 atom stereocenters. The fourth-order valence-corrected chi connectivity index (χ4v) is 5.81. The average Bonchev–Trinajstić information content (AvgIpc) is 3.68. The van der Waals surface area contributed by atoms with Gasteiger partial charge in [0.15, 0.2) is 5.82 Å². The first-order chi connectivity index (χ1) is 20.5. The van der Waals surface area contributed by atoms with Crippen LogP contribution < -0.4 is 5.32 Å². The summed E-state index contributed by atoms with van der Waals surface area (Å²) in [7, 11) is 0. The largest absolute Gasteiger partial charge is 0.338 e. The molecule has 1 saturated carbocycles. The van der Waals surface area contributed by atoms with Crippen LogP contribution in [0.4, 0.5) is 5.82 Å². The first-order valence-corrected chi connectivity index (χ1v) is 14.6. The number of amides is 2. The minimum atomic E-state index is -0.227. The number of nitrogens with zero attached hydrogens (tertiary/aromatic N) is 5. The van der Waals surface area contributed by atoms with Gasteiger partial charge in [0.1, 0.15) is 11.6 Å². The van der Waals surface area contributed by atoms with E-state index in [4.69, 9.17) is 5.10 Å². The van der Waals surface area contributed by atoms with E-state index in [9.17, 15) is 9.59 Å². The smallest absolute Gasteiger partial charge is 0.256 e. The fraction of sp³-hybridized carbons (Fsp3) is 0.265. The Labute approximate surface area is 245 Å². The first-order valence-electron chi connectivity index (χ1n) is 14.6. The van der Waals surface area contributed by atoms with Gasteiger partial charge in [-0.25, -0.2) is 14.6 Å². The maximum Gasteiger partial charge on any atom is 0.256 e. The van der Waals surface area contributed by atoms with Crippen LogP contribution in [0.15, 0.2) is 91.1 Å². The van der Waals surface area contributed by atoms with Crippen molar-refractivity contribution in [3.8, 4) is 11.4 Å². The molecule has 212 valence electrons. The molecule has 1 N–H and O–H groups in total. The summed E-state index contributed by atoms with van der Waals surface area (Å²) in [5.41, 5.74) is 2.38. The maximum absolute atomic E-state index is 13.7. The fourth-order valence-electron chi connectivity index (χ4n) is 5.81. The summed E-state index contributed by atoms with van der Waals surface area (Å²) < 4.78 is 1.87. The normalized spacial score (nSPS) is 13.4. The Hall–Kier alpha value is -4.85. The number of benzene rings is 3. The van der Waals surface area contributed by atoms with Crippen molar-refractivity contribution < 1.29 is 9.59 Å². The molecule has 0 aliphatic heterocycles. The van der Waals surface area contributed by atoms with E-state index < -0.39 is 0 Å². The van der Waals surface area contributed by atoms with Crippen LogP contribution in [0.2, 0.25) is 0 Å². The lowest BCUT2D eigenvalue weighted by molar-refractivity contribution is -0.132. The zero-order valence-corrected chi connectivity index (χ0v) is 23.7. The van der Waals surface area contributed by atoms with Gasteiger partial charge in [0, 0.05) is 29.9 Å². The van der Waals surface area contributed by atoms with Crippen LogP contribution >= 0.6 is 0 Å². The van der Waals surface area contributed by atoms with Crippen LogP contribution in [0.3, 0.4) is 0 Å². The first kappa shape index (κ1) is 27.3. The molecule has 2 heterocycles. The van der Waals surface area contributed by atoms with Gasteiger partial charge in [-0.05, 0) is 60.4 Å². The Morgan fingerprint density at radius 3 is 2.55 bits per heavy atom. The highest BCUT2D eigenvalue weighted by atomic mass is 16.2. The third-order valence-electron chi connectivity index (χ3n) is 8.01. The van der Waals surface area contributed by atoms with Crippen molar-refractivity contribution in [3.63, 3.8) is 0 Å². The Kier molecular flexibility index (Phi) is 8.03. The number of rotatable bonds is 9. The summed E-state index contributed by atoms with van der Waals surface area (Å²) in [6, 6.07) is 27.3. The van der Waals surface area contributed by atoms with Crippen molar-refractivity contribution >= 4 is 28.4 Å². The highest BCUT2D eigenvalue weighted by Gasteiger charge is 2.27. The number of carbonyl (C=O) groups is 2. The van der Waals surface area contributed by atoms with Crippen LogP contribution in [0, 0.1) is 6.92 Å². The molecule has 42 heavy (non-hydrogen) atoms. The zero-order valence-electron chi connectivity index (χ0n) is 23.7. The molecule has 5 aromatic rings. The predicted octanol–water partition coefficient (Wildman–Crippen LogP) is 6.07. The number of carbonyl (C=O) groups excluding carboxylic acids is 2. The van der Waals surface area contributed by atoms with Crippen LogP contribution in [0.5, 0.6) is 0 Å². The lowest BCUT2D eigenvalue weighted by Crippen LogP contribution is -2.42. The molecule has 3 aromatic carbocycles. The monoisotopic (exact) mass is 558 g/mol. The van der Waals surface area contributed by atoms with Crippen molar-refractivity contribution in [3.05, 3.63) is 108 Å². The zero-order chi connectivity index (χ0) is 28.9. The predicted molar refractivity (Wildman–Crippen MR) is 164 cm³/mol. The number of nitrogens with one attached hydrogen (secondary N) is 1. The quantitative estimate of drug-likeness (QED) is 0.237. The van der Waals surface area contributed by atoms with E-state index in [0.717, 1.165) is 53.4 Å². The van der Waals surface area contributed by atoms with Crippen molar-refractivity contribution in [2.45, 2.75) is 51.6 Å². The molecule has 2 aromatic heterocycles. The third-order valence-corrected chi connectivity index (χ3v) is 8.01. The van der Waals surface area contributed by atoms with Crippen molar-refractivity contribution in [1.29, 1.82) is 0 Å². The standard InChI is InChI=1S/C34H34N6O2/c1-24-36-33(28-18-19-35-31(22-28)37-34(42)26-11-3-2-4-12-26)38-40(24)21-20-39(29-15-6-7-16-29)32(41)23-27-14-9-13-25-10-5-8-17-30(25)27/h2-5,8-14,17-19,22,29H,6-7,15-16,20-21,23H2,1H3,(H,35,37,42). The second-order valence-corrected chi connectivity index (χ2v) is 10.8. The summed E-state index contributed by atoms with van der Waals surface area (Å²) in [5.74, 6) is 1.69.